The third-order valence-corrected chi connectivity index (χ3v) is 0.805. The SMILES string of the molecule is CC(O)C(N)C(=O)O.O=S(=O)(O)O. The van der Waals surface area contributed by atoms with Crippen LogP contribution >= 0.6 is 0 Å². The molecule has 0 aliphatic carbocycles. The molecule has 0 amide bonds. The van der Waals surface area contributed by atoms with Crippen LogP contribution in [0.15, 0.2) is 0 Å². The lowest BCUT2D eigenvalue weighted by Crippen LogP contribution is -2.39. The van der Waals surface area contributed by atoms with E-state index in [1.54, 1.807) is 0 Å². The minimum Gasteiger partial charge on any atom is -0.480 e. The molecule has 8 nitrogen and oxygen atoms in total. The minimum absolute atomic E-state index is 0.979. The molecule has 6 N–H and O–H groups in total. The van der Waals surface area contributed by atoms with E-state index in [0.29, 0.717) is 0 Å². The van der Waals surface area contributed by atoms with Crippen molar-refractivity contribution >= 4 is 16.4 Å². The van der Waals surface area contributed by atoms with E-state index in [0.717, 1.165) is 0 Å². The van der Waals surface area contributed by atoms with Gasteiger partial charge in [0.15, 0.2) is 0 Å². The Morgan fingerprint density at radius 2 is 1.62 bits per heavy atom. The Balaban J connectivity index is 0. The van der Waals surface area contributed by atoms with Crippen molar-refractivity contribution in [3.63, 3.8) is 0 Å². The molecule has 0 aliphatic heterocycles. The number of aliphatic carboxylic acids is 1. The second kappa shape index (κ2) is 5.83. The van der Waals surface area contributed by atoms with Crippen LogP contribution < -0.4 is 5.73 Å². The molecule has 80 valence electrons. The number of rotatable bonds is 2. The fourth-order valence-electron chi connectivity index (χ4n) is 0.206. The summed E-state index contributed by atoms with van der Waals surface area (Å²) in [5.41, 5.74) is 4.91. The lowest BCUT2D eigenvalue weighted by molar-refractivity contribution is -0.140. The predicted molar refractivity (Wildman–Crippen MR) is 41.5 cm³/mol. The topological polar surface area (TPSA) is 158 Å². The molecule has 0 saturated heterocycles. The first-order chi connectivity index (χ1) is 5.55. The molecular weight excluding hydrogens is 206 g/mol. The molecule has 0 aliphatic rings. The van der Waals surface area contributed by atoms with Gasteiger partial charge in [-0.05, 0) is 6.92 Å². The summed E-state index contributed by atoms with van der Waals surface area (Å²) >= 11 is 0. The van der Waals surface area contributed by atoms with Crippen molar-refractivity contribution < 1.29 is 32.5 Å². The summed E-state index contributed by atoms with van der Waals surface area (Å²) in [6.45, 7) is 1.33. The third kappa shape index (κ3) is 18.3. The van der Waals surface area contributed by atoms with Crippen LogP contribution in [-0.4, -0.2) is 45.9 Å². The highest BCUT2D eigenvalue weighted by molar-refractivity contribution is 7.79. The van der Waals surface area contributed by atoms with Gasteiger partial charge < -0.3 is 15.9 Å². The van der Waals surface area contributed by atoms with E-state index in [1.807, 2.05) is 0 Å². The van der Waals surface area contributed by atoms with Crippen LogP contribution in [0, 0.1) is 0 Å². The van der Waals surface area contributed by atoms with E-state index in [1.165, 1.54) is 6.92 Å². The van der Waals surface area contributed by atoms with Crippen LogP contribution in [0.3, 0.4) is 0 Å². The second-order valence-corrected chi connectivity index (χ2v) is 2.95. The quantitative estimate of drug-likeness (QED) is 0.336. The van der Waals surface area contributed by atoms with Crippen molar-refractivity contribution in [3.05, 3.63) is 0 Å². The van der Waals surface area contributed by atoms with Gasteiger partial charge in [-0.25, -0.2) is 0 Å². The maximum Gasteiger partial charge on any atom is 0.394 e. The number of carboxylic acid groups (broad SMARTS) is 1. The van der Waals surface area contributed by atoms with E-state index < -0.39 is 28.5 Å². The Labute approximate surface area is 74.6 Å². The smallest absolute Gasteiger partial charge is 0.394 e. The van der Waals surface area contributed by atoms with Crippen LogP contribution in [-0.2, 0) is 15.2 Å². The monoisotopic (exact) mass is 217 g/mol. The van der Waals surface area contributed by atoms with Gasteiger partial charge in [-0.3, -0.25) is 13.9 Å². The van der Waals surface area contributed by atoms with Crippen molar-refractivity contribution in [2.75, 3.05) is 0 Å². The zero-order valence-electron chi connectivity index (χ0n) is 6.65. The normalized spacial score (nSPS) is 15.2. The van der Waals surface area contributed by atoms with Crippen molar-refractivity contribution in [1.82, 2.24) is 0 Å². The first-order valence-corrected chi connectivity index (χ1v) is 4.31. The molecule has 2 unspecified atom stereocenters. The minimum atomic E-state index is -4.67. The summed E-state index contributed by atoms with van der Waals surface area (Å²) in [5, 5.41) is 16.6. The van der Waals surface area contributed by atoms with E-state index in [9.17, 15) is 4.79 Å². The standard InChI is InChI=1S/C4H9NO3.H2O4S/c1-2(6)3(5)4(7)8;1-5(2,3)4/h2-3,6H,5H2,1H3,(H,7,8);(H2,1,2,3,4). The molecule has 0 aromatic heterocycles. The summed E-state index contributed by atoms with van der Waals surface area (Å²) in [7, 11) is -4.67. The highest BCUT2D eigenvalue weighted by Gasteiger charge is 2.16. The average molecular weight is 217 g/mol. The van der Waals surface area contributed by atoms with E-state index in [2.05, 4.69) is 0 Å². The number of nitrogens with two attached hydrogens (primary N) is 1. The Morgan fingerprint density at radius 1 is 1.38 bits per heavy atom. The van der Waals surface area contributed by atoms with Gasteiger partial charge in [0.1, 0.15) is 6.04 Å². The van der Waals surface area contributed by atoms with Gasteiger partial charge >= 0.3 is 16.4 Å². The first-order valence-electron chi connectivity index (χ1n) is 2.92. The maximum atomic E-state index is 9.86. The molecule has 0 heterocycles. The second-order valence-electron chi connectivity index (χ2n) is 2.05. The average Bonchev–Trinajstić information content (AvgIpc) is 1.81. The summed E-state index contributed by atoms with van der Waals surface area (Å²) in [5.74, 6) is -1.18. The largest absolute Gasteiger partial charge is 0.480 e. The molecule has 2 atom stereocenters. The molecule has 0 saturated carbocycles. The maximum absolute atomic E-state index is 9.86. The van der Waals surface area contributed by atoms with Gasteiger partial charge in [0.2, 0.25) is 0 Å². The highest BCUT2D eigenvalue weighted by Crippen LogP contribution is 1.85. The van der Waals surface area contributed by atoms with Crippen LogP contribution in [0.25, 0.3) is 0 Å². The van der Waals surface area contributed by atoms with Crippen molar-refractivity contribution in [3.8, 4) is 0 Å². The molecule has 0 aromatic carbocycles. The molecule has 0 radical (unpaired) electrons. The molecule has 0 spiro atoms. The summed E-state index contributed by atoms with van der Waals surface area (Å²) < 4.78 is 31.6. The molecule has 13 heavy (non-hydrogen) atoms. The number of aliphatic hydroxyl groups excluding tert-OH is 1. The third-order valence-electron chi connectivity index (χ3n) is 0.805. The summed E-state index contributed by atoms with van der Waals surface area (Å²) in [6, 6.07) is -1.16. The fourth-order valence-corrected chi connectivity index (χ4v) is 0.206. The molecule has 0 fully saturated rings. The summed E-state index contributed by atoms with van der Waals surface area (Å²) in [6.07, 6.45) is -0.979. The number of aliphatic hydroxyl groups is 1. The Kier molecular flexibility index (Phi) is 6.62. The van der Waals surface area contributed by atoms with Gasteiger partial charge in [-0.2, -0.15) is 8.42 Å². The molecular formula is C4H11NO7S. The van der Waals surface area contributed by atoms with E-state index in [4.69, 9.17) is 33.5 Å². The van der Waals surface area contributed by atoms with E-state index >= 15 is 0 Å². The molecule has 9 heteroatoms. The van der Waals surface area contributed by atoms with Gasteiger partial charge in [-0.15, -0.1) is 0 Å². The van der Waals surface area contributed by atoms with Crippen LogP contribution in [0.1, 0.15) is 6.92 Å². The first kappa shape index (κ1) is 14.8. The van der Waals surface area contributed by atoms with Crippen LogP contribution in [0.5, 0.6) is 0 Å². The fraction of sp³-hybridized carbons (Fsp3) is 0.750. The van der Waals surface area contributed by atoms with Gasteiger partial charge in [-0.1, -0.05) is 0 Å². The number of hydrogen-bond donors (Lipinski definition) is 5. The summed E-state index contributed by atoms with van der Waals surface area (Å²) in [4.78, 5) is 9.86. The zero-order chi connectivity index (χ0) is 11.2. The molecule has 0 aromatic rings. The number of carboxylic acids is 1. The van der Waals surface area contributed by atoms with Crippen LogP contribution in [0.4, 0.5) is 0 Å². The zero-order valence-corrected chi connectivity index (χ0v) is 7.47. The van der Waals surface area contributed by atoms with E-state index in [-0.39, 0.29) is 0 Å². The van der Waals surface area contributed by atoms with Crippen molar-refractivity contribution in [1.29, 1.82) is 0 Å². The van der Waals surface area contributed by atoms with Crippen LogP contribution in [0.2, 0.25) is 0 Å². The van der Waals surface area contributed by atoms with Gasteiger partial charge in [0.25, 0.3) is 0 Å². The van der Waals surface area contributed by atoms with Crippen molar-refractivity contribution in [2.24, 2.45) is 5.73 Å². The van der Waals surface area contributed by atoms with Gasteiger partial charge in [0, 0.05) is 0 Å². The Morgan fingerprint density at radius 3 is 1.62 bits per heavy atom. The molecule has 0 rings (SSSR count). The number of hydrogen-bond acceptors (Lipinski definition) is 5. The lowest BCUT2D eigenvalue weighted by Gasteiger charge is -2.06. The molecule has 0 bridgehead atoms. The Hall–Kier alpha value is -0.740. The van der Waals surface area contributed by atoms with Crippen molar-refractivity contribution in [2.45, 2.75) is 19.1 Å². The number of carbonyl (C=O) groups is 1. The highest BCUT2D eigenvalue weighted by atomic mass is 32.3. The van der Waals surface area contributed by atoms with Gasteiger partial charge in [0.05, 0.1) is 6.10 Å². The Bertz CT molecular complexity index is 237. The lowest BCUT2D eigenvalue weighted by atomic mass is 10.2. The predicted octanol–water partition coefficient (Wildman–Crippen LogP) is -1.87.